The Morgan fingerprint density at radius 1 is 1.18 bits per heavy atom. The normalized spacial score (nSPS) is 20.8. The van der Waals surface area contributed by atoms with Crippen molar-refractivity contribution in [3.63, 3.8) is 0 Å². The minimum absolute atomic E-state index is 0.177. The fourth-order valence-electron chi connectivity index (χ4n) is 4.60. The monoisotopic (exact) mass is 524 g/mol. The molecule has 0 unspecified atom stereocenters. The lowest BCUT2D eigenvalue weighted by molar-refractivity contribution is -0.00283. The van der Waals surface area contributed by atoms with Crippen LogP contribution in [0.25, 0.3) is 0 Å². The largest absolute Gasteiger partial charge is 0.494 e. The molecular weight excluding hydrogens is 483 g/mol. The van der Waals surface area contributed by atoms with E-state index in [0.717, 1.165) is 35.2 Å². The molecule has 1 aromatic heterocycles. The van der Waals surface area contributed by atoms with Crippen molar-refractivity contribution < 1.29 is 28.3 Å². The molecule has 2 aliphatic rings. The molecule has 8 nitrogen and oxygen atoms in total. The molecule has 1 saturated heterocycles. The third-order valence-corrected chi connectivity index (χ3v) is 7.44. The lowest BCUT2D eigenvalue weighted by Gasteiger charge is -2.34. The fraction of sp³-hybridized carbons (Fsp3) is 0.586. The number of ether oxygens (including phenoxy) is 3. The Balaban J connectivity index is 1.47. The van der Waals surface area contributed by atoms with Crippen molar-refractivity contribution in [2.45, 2.75) is 90.3 Å². The molecule has 3 heterocycles. The summed E-state index contributed by atoms with van der Waals surface area (Å²) in [6.45, 7) is 14.5. The SMILES string of the molecule is CO[C@@H](CN(C[C@H]1CCc2cc(B3OC(C)(C)C(C)(C)O3)ccc2O1)C(=O)OC(C)(C)C)c1cccnc1. The summed E-state index contributed by atoms with van der Waals surface area (Å²) in [5.41, 5.74) is 1.60. The van der Waals surface area contributed by atoms with Crippen LogP contribution in [0.4, 0.5) is 4.79 Å². The molecule has 0 bridgehead atoms. The van der Waals surface area contributed by atoms with Gasteiger partial charge in [0, 0.05) is 25.1 Å². The average molecular weight is 524 g/mol. The van der Waals surface area contributed by atoms with Gasteiger partial charge in [0.25, 0.3) is 0 Å². The van der Waals surface area contributed by atoms with Crippen LogP contribution in [0.15, 0.2) is 42.7 Å². The van der Waals surface area contributed by atoms with Crippen LogP contribution in [0, 0.1) is 0 Å². The summed E-state index contributed by atoms with van der Waals surface area (Å²) in [4.78, 5) is 19.1. The maximum absolute atomic E-state index is 13.2. The van der Waals surface area contributed by atoms with Crippen molar-refractivity contribution in [3.05, 3.63) is 53.9 Å². The summed E-state index contributed by atoms with van der Waals surface area (Å²) in [6.07, 6.45) is 4.16. The molecular formula is C29H41BN2O6. The lowest BCUT2D eigenvalue weighted by Crippen LogP contribution is -2.45. The first-order valence-corrected chi connectivity index (χ1v) is 13.3. The first-order valence-electron chi connectivity index (χ1n) is 13.3. The van der Waals surface area contributed by atoms with Gasteiger partial charge in [0.2, 0.25) is 0 Å². The standard InChI is InChI=1S/C29H41BN2O6/c1-27(2,3)36-26(33)32(19-25(34-8)21-10-9-15-31-17-21)18-23-13-11-20-16-22(12-14-24(20)35-23)30-37-28(4,5)29(6,7)38-30/h9-10,12,14-17,23,25H,11,13,18-19H2,1-8H3/t23-,25+/m1/s1. The van der Waals surface area contributed by atoms with Gasteiger partial charge in [0.1, 0.15) is 23.6 Å². The van der Waals surface area contributed by atoms with Crippen molar-refractivity contribution in [3.8, 4) is 5.75 Å². The minimum Gasteiger partial charge on any atom is -0.488 e. The molecule has 2 aliphatic heterocycles. The molecule has 4 rings (SSSR count). The van der Waals surface area contributed by atoms with Gasteiger partial charge in [-0.15, -0.1) is 0 Å². The number of hydrogen-bond acceptors (Lipinski definition) is 7. The molecule has 0 radical (unpaired) electrons. The average Bonchev–Trinajstić information content (AvgIpc) is 3.07. The maximum atomic E-state index is 13.2. The van der Waals surface area contributed by atoms with Crippen LogP contribution in [0.2, 0.25) is 0 Å². The van der Waals surface area contributed by atoms with E-state index >= 15 is 0 Å². The fourth-order valence-corrected chi connectivity index (χ4v) is 4.60. The van der Waals surface area contributed by atoms with E-state index in [2.05, 4.69) is 38.7 Å². The molecule has 1 aromatic carbocycles. The first-order chi connectivity index (χ1) is 17.8. The minimum atomic E-state index is -0.615. The van der Waals surface area contributed by atoms with Gasteiger partial charge in [-0.2, -0.15) is 0 Å². The van der Waals surface area contributed by atoms with E-state index in [1.807, 2.05) is 45.0 Å². The summed E-state index contributed by atoms with van der Waals surface area (Å²) < 4.78 is 30.3. The summed E-state index contributed by atoms with van der Waals surface area (Å²) >= 11 is 0. The van der Waals surface area contributed by atoms with Crippen LogP contribution in [-0.4, -0.2) is 66.2 Å². The van der Waals surface area contributed by atoms with Gasteiger partial charge in [-0.25, -0.2) is 4.79 Å². The third kappa shape index (κ3) is 6.50. The van der Waals surface area contributed by atoms with E-state index in [4.69, 9.17) is 23.5 Å². The Kier molecular flexibility index (Phi) is 8.12. The molecule has 0 aliphatic carbocycles. The Morgan fingerprint density at radius 3 is 2.50 bits per heavy atom. The summed E-state index contributed by atoms with van der Waals surface area (Å²) in [7, 11) is 1.22. The second-order valence-corrected chi connectivity index (χ2v) is 12.1. The molecule has 0 spiro atoms. The molecule has 1 fully saturated rings. The Bertz CT molecular complexity index is 1100. The number of hydrogen-bond donors (Lipinski definition) is 0. The zero-order valence-corrected chi connectivity index (χ0v) is 23.9. The van der Waals surface area contributed by atoms with Crippen molar-refractivity contribution in [2.75, 3.05) is 20.2 Å². The number of aryl methyl sites for hydroxylation is 1. The number of aromatic nitrogens is 1. The molecule has 2 atom stereocenters. The number of amides is 1. The van der Waals surface area contributed by atoms with Gasteiger partial charge in [0.15, 0.2) is 0 Å². The number of pyridine rings is 1. The summed E-state index contributed by atoms with van der Waals surface area (Å²) in [5.74, 6) is 0.821. The highest BCUT2D eigenvalue weighted by atomic mass is 16.7. The Hall–Kier alpha value is -2.62. The van der Waals surface area contributed by atoms with Crippen molar-refractivity contribution in [1.82, 2.24) is 9.88 Å². The third-order valence-electron chi connectivity index (χ3n) is 7.44. The van der Waals surface area contributed by atoms with Crippen LogP contribution in [0.5, 0.6) is 5.75 Å². The second-order valence-electron chi connectivity index (χ2n) is 12.1. The van der Waals surface area contributed by atoms with Gasteiger partial charge in [-0.1, -0.05) is 18.2 Å². The quantitative estimate of drug-likeness (QED) is 0.486. The number of benzene rings is 1. The smallest absolute Gasteiger partial charge is 0.488 e. The van der Waals surface area contributed by atoms with Gasteiger partial charge in [-0.05, 0) is 84.5 Å². The van der Waals surface area contributed by atoms with E-state index in [-0.39, 0.29) is 12.2 Å². The molecule has 9 heteroatoms. The Labute approximate surface area is 227 Å². The predicted octanol–water partition coefficient (Wildman–Crippen LogP) is 4.70. The van der Waals surface area contributed by atoms with E-state index in [0.29, 0.717) is 13.1 Å². The highest BCUT2D eigenvalue weighted by Crippen LogP contribution is 2.37. The molecule has 0 saturated carbocycles. The molecule has 1 amide bonds. The maximum Gasteiger partial charge on any atom is 0.494 e. The number of methoxy groups -OCH3 is 1. The molecule has 38 heavy (non-hydrogen) atoms. The van der Waals surface area contributed by atoms with E-state index in [9.17, 15) is 4.79 Å². The topological polar surface area (TPSA) is 79.4 Å². The second kappa shape index (κ2) is 10.9. The van der Waals surface area contributed by atoms with Crippen LogP contribution in [0.3, 0.4) is 0 Å². The highest BCUT2D eigenvalue weighted by Gasteiger charge is 2.51. The van der Waals surface area contributed by atoms with Gasteiger partial charge in [0.05, 0.1) is 24.3 Å². The van der Waals surface area contributed by atoms with Crippen molar-refractivity contribution in [1.29, 1.82) is 0 Å². The van der Waals surface area contributed by atoms with Crippen molar-refractivity contribution in [2.24, 2.45) is 0 Å². The van der Waals surface area contributed by atoms with Crippen LogP contribution < -0.4 is 10.2 Å². The highest BCUT2D eigenvalue weighted by molar-refractivity contribution is 6.62. The Morgan fingerprint density at radius 2 is 1.89 bits per heavy atom. The van der Waals surface area contributed by atoms with Gasteiger partial charge < -0.3 is 28.4 Å². The zero-order valence-electron chi connectivity index (χ0n) is 23.9. The van der Waals surface area contributed by atoms with Gasteiger partial charge in [-0.3, -0.25) is 4.98 Å². The number of fused-ring (bicyclic) bond motifs is 1. The number of rotatable bonds is 7. The van der Waals surface area contributed by atoms with Crippen molar-refractivity contribution >= 4 is 18.7 Å². The molecule has 206 valence electrons. The van der Waals surface area contributed by atoms with Crippen LogP contribution in [0.1, 0.15) is 72.1 Å². The summed E-state index contributed by atoms with van der Waals surface area (Å²) in [5, 5.41) is 0. The zero-order chi connectivity index (χ0) is 27.7. The number of carbonyl (C=O) groups is 1. The van der Waals surface area contributed by atoms with Crippen LogP contribution >= 0.6 is 0 Å². The molecule has 2 aromatic rings. The van der Waals surface area contributed by atoms with Gasteiger partial charge >= 0.3 is 13.2 Å². The number of carbonyl (C=O) groups excluding carboxylic acids is 1. The predicted molar refractivity (Wildman–Crippen MR) is 147 cm³/mol. The van der Waals surface area contributed by atoms with Crippen LogP contribution in [-0.2, 0) is 25.2 Å². The van der Waals surface area contributed by atoms with E-state index in [1.54, 1.807) is 24.4 Å². The first kappa shape index (κ1) is 28.4. The lowest BCUT2D eigenvalue weighted by atomic mass is 9.77. The van der Waals surface area contributed by atoms with E-state index < -0.39 is 30.0 Å². The summed E-state index contributed by atoms with van der Waals surface area (Å²) in [6, 6.07) is 9.89. The molecule has 0 N–H and O–H groups in total. The van der Waals surface area contributed by atoms with E-state index in [1.165, 1.54) is 0 Å². The number of nitrogens with zero attached hydrogens (tertiary/aromatic N) is 2.